The van der Waals surface area contributed by atoms with Crippen LogP contribution in [0.4, 0.5) is 0 Å². The van der Waals surface area contributed by atoms with Gasteiger partial charge in [0.1, 0.15) is 3.72 Å². The Hall–Kier alpha value is -0.580. The molecular weight excluding hydrogens is 275 g/mol. The lowest BCUT2D eigenvalue weighted by Gasteiger charge is -2.36. The van der Waals surface area contributed by atoms with Crippen LogP contribution in [0, 0.1) is 0 Å². The maximum absolute atomic E-state index is 4.26. The number of rotatable bonds is 2. The van der Waals surface area contributed by atoms with E-state index in [-0.39, 0.29) is 5.54 Å². The second-order valence-electron chi connectivity index (χ2n) is 3.26. The summed E-state index contributed by atoms with van der Waals surface area (Å²) in [5.74, 6) is 0. The van der Waals surface area contributed by atoms with E-state index in [1.54, 1.807) is 12.3 Å². The van der Waals surface area contributed by atoms with Crippen molar-refractivity contribution in [3.63, 3.8) is 0 Å². The molecule has 13 heavy (non-hydrogen) atoms. The monoisotopic (exact) mass is 288 g/mol. The molecule has 0 N–H and O–H groups in total. The Morgan fingerprint density at radius 1 is 1.62 bits per heavy atom. The van der Waals surface area contributed by atoms with E-state index >= 15 is 0 Å². The van der Waals surface area contributed by atoms with Crippen molar-refractivity contribution in [1.82, 2.24) is 4.90 Å². The van der Waals surface area contributed by atoms with Gasteiger partial charge in [0.15, 0.2) is 0 Å². The van der Waals surface area contributed by atoms with Gasteiger partial charge in [0.2, 0.25) is 0 Å². The van der Waals surface area contributed by atoms with Crippen molar-refractivity contribution in [1.29, 1.82) is 0 Å². The molecule has 0 unspecified atom stereocenters. The van der Waals surface area contributed by atoms with E-state index in [2.05, 4.69) is 52.9 Å². The van der Waals surface area contributed by atoms with Gasteiger partial charge in [0.25, 0.3) is 0 Å². The summed E-state index contributed by atoms with van der Waals surface area (Å²) in [5.41, 5.74) is -0.0468. The van der Waals surface area contributed by atoms with Gasteiger partial charge < -0.3 is 4.90 Å². The van der Waals surface area contributed by atoms with Gasteiger partial charge in [0, 0.05) is 18.6 Å². The van der Waals surface area contributed by atoms with E-state index in [9.17, 15) is 0 Å². The van der Waals surface area contributed by atoms with Crippen molar-refractivity contribution >= 4 is 26.3 Å². The van der Waals surface area contributed by atoms with Gasteiger partial charge in [0.05, 0.1) is 5.54 Å². The summed E-state index contributed by atoms with van der Waals surface area (Å²) in [6.07, 6.45) is 9.45. The molecule has 0 amide bonds. The maximum Gasteiger partial charge on any atom is 0.104 e. The highest BCUT2D eigenvalue weighted by Gasteiger charge is 2.29. The van der Waals surface area contributed by atoms with Crippen LogP contribution in [0.3, 0.4) is 0 Å². The number of aliphatic imine (C=N–C) groups is 1. The molecule has 0 spiro atoms. The molecule has 0 radical (unpaired) electrons. The number of hydrogen-bond donors (Lipinski definition) is 0. The van der Waals surface area contributed by atoms with Gasteiger partial charge in [-0.25, -0.2) is 0 Å². The molecule has 0 fully saturated rings. The number of halogens is 1. The summed E-state index contributed by atoms with van der Waals surface area (Å²) >= 11 is 2.26. The van der Waals surface area contributed by atoms with E-state index in [1.807, 2.05) is 18.5 Å². The molecule has 0 saturated heterocycles. The Morgan fingerprint density at radius 2 is 2.31 bits per heavy atom. The second kappa shape index (κ2) is 4.09. The Morgan fingerprint density at radius 3 is 2.92 bits per heavy atom. The minimum atomic E-state index is -0.0468. The van der Waals surface area contributed by atoms with Gasteiger partial charge in [-0.2, -0.15) is 0 Å². The summed E-state index contributed by atoms with van der Waals surface area (Å²) in [6, 6.07) is 0. The van der Waals surface area contributed by atoms with Crippen LogP contribution in [-0.4, -0.2) is 14.2 Å². The fraction of sp³-hybridized carbons (Fsp3) is 0.300. The molecular formula is C10H13IN2. The summed E-state index contributed by atoms with van der Waals surface area (Å²) in [4.78, 5) is 6.38. The fourth-order valence-electron chi connectivity index (χ4n) is 1.01. The van der Waals surface area contributed by atoms with Crippen LogP contribution in [0.2, 0.25) is 0 Å². The minimum Gasteiger partial charge on any atom is -0.341 e. The number of hydrogen-bond acceptors (Lipinski definition) is 2. The quantitative estimate of drug-likeness (QED) is 0.563. The van der Waals surface area contributed by atoms with Crippen LogP contribution in [0.25, 0.3) is 0 Å². The first-order chi connectivity index (χ1) is 6.09. The normalized spacial score (nSPS) is 20.5. The topological polar surface area (TPSA) is 15.6 Å². The first-order valence-corrected chi connectivity index (χ1v) is 5.15. The van der Waals surface area contributed by atoms with Gasteiger partial charge in [-0.3, -0.25) is 4.99 Å². The molecule has 0 aromatic rings. The molecule has 1 rings (SSSR count). The highest BCUT2D eigenvalue weighted by Crippen LogP contribution is 2.24. The van der Waals surface area contributed by atoms with Crippen molar-refractivity contribution < 1.29 is 0 Å². The Kier molecular flexibility index (Phi) is 3.30. The molecule has 1 aliphatic heterocycles. The van der Waals surface area contributed by atoms with Crippen molar-refractivity contribution in [2.75, 3.05) is 0 Å². The Bertz CT molecular complexity index is 285. The van der Waals surface area contributed by atoms with Gasteiger partial charge in [-0.05, 0) is 42.5 Å². The third-order valence-electron chi connectivity index (χ3n) is 1.95. The number of allylic oxidation sites excluding steroid dienone is 2. The Balaban J connectivity index is 2.89. The molecule has 70 valence electrons. The third-order valence-corrected chi connectivity index (χ3v) is 3.55. The summed E-state index contributed by atoms with van der Waals surface area (Å²) in [5, 5.41) is 0. The van der Waals surface area contributed by atoms with E-state index in [0.29, 0.717) is 0 Å². The summed E-state index contributed by atoms with van der Waals surface area (Å²) < 4.78 is 1.08. The average molecular weight is 288 g/mol. The minimum absolute atomic E-state index is 0.0468. The maximum atomic E-state index is 4.26. The zero-order chi connectivity index (χ0) is 9.90. The zero-order valence-corrected chi connectivity index (χ0v) is 10.0. The van der Waals surface area contributed by atoms with Crippen LogP contribution < -0.4 is 0 Å². The molecule has 0 aromatic heterocycles. The fourth-order valence-corrected chi connectivity index (χ4v) is 1.45. The molecule has 1 heterocycles. The van der Waals surface area contributed by atoms with Crippen molar-refractivity contribution in [2.45, 2.75) is 19.4 Å². The number of nitrogens with zero attached hydrogens (tertiary/aromatic N) is 2. The van der Waals surface area contributed by atoms with Gasteiger partial charge in [-0.15, -0.1) is 0 Å². The average Bonchev–Trinajstić information content (AvgIpc) is 2.08. The first kappa shape index (κ1) is 10.5. The van der Waals surface area contributed by atoms with E-state index < -0.39 is 0 Å². The van der Waals surface area contributed by atoms with Crippen LogP contribution >= 0.6 is 22.6 Å². The largest absolute Gasteiger partial charge is 0.341 e. The van der Waals surface area contributed by atoms with E-state index in [1.165, 1.54) is 0 Å². The van der Waals surface area contributed by atoms with Crippen LogP contribution in [0.5, 0.6) is 0 Å². The van der Waals surface area contributed by atoms with Crippen LogP contribution in [0.15, 0.2) is 42.3 Å². The second-order valence-corrected chi connectivity index (χ2v) is 4.28. The van der Waals surface area contributed by atoms with Crippen molar-refractivity contribution in [3.05, 3.63) is 37.3 Å². The summed E-state index contributed by atoms with van der Waals surface area (Å²) in [6.45, 7) is 7.91. The van der Waals surface area contributed by atoms with Crippen molar-refractivity contribution in [2.24, 2.45) is 4.99 Å². The lowest BCUT2D eigenvalue weighted by molar-refractivity contribution is 0.345. The lowest BCUT2D eigenvalue weighted by atomic mass is 10.1. The SMILES string of the molecule is C=C/C=C\N1C=CN=C(I)C1(C)C. The molecule has 1 aliphatic rings. The van der Waals surface area contributed by atoms with E-state index in [4.69, 9.17) is 0 Å². The summed E-state index contributed by atoms with van der Waals surface area (Å²) in [7, 11) is 0. The van der Waals surface area contributed by atoms with E-state index in [0.717, 1.165) is 3.72 Å². The lowest BCUT2D eigenvalue weighted by Crippen LogP contribution is -2.43. The molecule has 0 aromatic carbocycles. The van der Waals surface area contributed by atoms with Crippen molar-refractivity contribution in [3.8, 4) is 0 Å². The molecule has 2 nitrogen and oxygen atoms in total. The molecule has 0 aliphatic carbocycles. The third kappa shape index (κ3) is 2.21. The predicted octanol–water partition coefficient (Wildman–Crippen LogP) is 3.09. The standard InChI is InChI=1S/C10H13IN2/c1-4-5-7-13-8-6-12-9(11)10(13,2)3/h4-8H,1H2,2-3H3/b7-5-. The first-order valence-electron chi connectivity index (χ1n) is 4.07. The smallest absolute Gasteiger partial charge is 0.104 e. The van der Waals surface area contributed by atoms with Crippen LogP contribution in [-0.2, 0) is 0 Å². The highest BCUT2D eigenvalue weighted by atomic mass is 127. The zero-order valence-electron chi connectivity index (χ0n) is 7.87. The highest BCUT2D eigenvalue weighted by molar-refractivity contribution is 14.1. The predicted molar refractivity (Wildman–Crippen MR) is 65.9 cm³/mol. The molecule has 0 bridgehead atoms. The Labute approximate surface area is 92.9 Å². The van der Waals surface area contributed by atoms with Gasteiger partial charge >= 0.3 is 0 Å². The molecule has 3 heteroatoms. The van der Waals surface area contributed by atoms with Gasteiger partial charge in [-0.1, -0.05) is 12.7 Å². The van der Waals surface area contributed by atoms with Crippen LogP contribution in [0.1, 0.15) is 13.8 Å². The molecule has 0 saturated carbocycles. The molecule has 0 atom stereocenters.